The first-order valence-corrected chi connectivity index (χ1v) is 21.7. The molecular weight excluding hydrogens is 820 g/mol. The molecule has 4 unspecified atom stereocenters. The third kappa shape index (κ3) is 11.6. The largest absolute Gasteiger partial charge is 0.508 e. The number of hydrogen-bond acceptors (Lipinski definition) is 10. The van der Waals surface area contributed by atoms with Gasteiger partial charge in [0.05, 0.1) is 38.4 Å². The average Bonchev–Trinajstić information content (AvgIpc) is 4.11. The molecule has 4 aliphatic rings. The highest BCUT2D eigenvalue weighted by atomic mass is 35.5. The third-order valence-electron chi connectivity index (χ3n) is 11.7. The Kier molecular flexibility index (Phi) is 13.8. The number of rotatable bonds is 16. The van der Waals surface area contributed by atoms with E-state index in [1.54, 1.807) is 36.4 Å². The Morgan fingerprint density at radius 1 is 0.397 bits per heavy atom. The molecule has 4 fully saturated rings. The minimum absolute atomic E-state index is 0.215. The van der Waals surface area contributed by atoms with E-state index in [4.69, 9.17) is 44.8 Å². The van der Waals surface area contributed by atoms with Crippen molar-refractivity contribution < 1.29 is 48.5 Å². The van der Waals surface area contributed by atoms with Gasteiger partial charge in [0.2, 0.25) is 0 Å². The van der Waals surface area contributed by atoms with Crippen LogP contribution in [0.1, 0.15) is 47.2 Å². The van der Waals surface area contributed by atoms with E-state index < -0.39 is 5.41 Å². The Balaban J connectivity index is 0.000000166. The summed E-state index contributed by atoms with van der Waals surface area (Å²) in [5.41, 5.74) is 5.68. The van der Waals surface area contributed by atoms with Gasteiger partial charge in [-0.3, -0.25) is 0 Å². The zero-order chi connectivity index (χ0) is 43.8. The van der Waals surface area contributed by atoms with E-state index in [1.807, 2.05) is 72.8 Å². The summed E-state index contributed by atoms with van der Waals surface area (Å²) in [5, 5.41) is 28.7. The van der Waals surface area contributed by atoms with Crippen LogP contribution in [-0.4, -0.2) is 91.9 Å². The lowest BCUT2D eigenvalue weighted by Crippen LogP contribution is -2.25. The molecule has 11 heteroatoms. The second-order valence-corrected chi connectivity index (χ2v) is 16.7. The Bertz CT molecular complexity index is 2080. The standard InChI is InChI=1S/C29H30O6.C20H18O3.C3H5ClO/c1-29(20-2-8-23(9-3-20)30-14-26-17-33-26,21-4-10-24(11-5-21)31-15-27-18-34-27)22-6-12-25(13-7-22)32-16-28-19-35-28;1-20(14-2-8-17(21)9-3-14,15-4-10-18(22)11-5-15)16-6-12-19(23)13-7-16;4-1-3-2-5-3/h2-13,26-28H,14-19H2,1H3;2-13,21-23H,1H3;3H,1-2H2. The Morgan fingerprint density at radius 3 is 0.778 bits per heavy atom. The van der Waals surface area contributed by atoms with Crippen LogP contribution in [0, 0.1) is 0 Å². The number of alkyl halides is 1. The van der Waals surface area contributed by atoms with Crippen LogP contribution in [0.5, 0.6) is 34.5 Å². The van der Waals surface area contributed by atoms with Crippen molar-refractivity contribution in [2.75, 3.05) is 52.1 Å². The van der Waals surface area contributed by atoms with Crippen LogP contribution in [0.25, 0.3) is 0 Å². The van der Waals surface area contributed by atoms with E-state index in [0.29, 0.717) is 31.8 Å². The predicted molar refractivity (Wildman–Crippen MR) is 241 cm³/mol. The summed E-state index contributed by atoms with van der Waals surface area (Å²) >= 11 is 5.27. The first kappa shape index (κ1) is 43.9. The SMILES string of the molecule is CC(c1ccc(O)cc1)(c1ccc(O)cc1)c1ccc(O)cc1.CC(c1ccc(OCC2CO2)cc1)(c1ccc(OCC2CO2)cc1)c1ccc(OCC2CO2)cc1.ClCC1CO1. The quantitative estimate of drug-likeness (QED) is 0.0491. The average molecular weight is 873 g/mol. The van der Waals surface area contributed by atoms with Gasteiger partial charge >= 0.3 is 0 Å². The van der Waals surface area contributed by atoms with Crippen LogP contribution in [0.4, 0.5) is 0 Å². The van der Waals surface area contributed by atoms with Crippen molar-refractivity contribution in [3.05, 3.63) is 179 Å². The topological polar surface area (TPSA) is 138 Å². The number of aromatic hydroxyl groups is 3. The van der Waals surface area contributed by atoms with Crippen molar-refractivity contribution in [3.63, 3.8) is 0 Å². The zero-order valence-corrected chi connectivity index (χ0v) is 36.2. The number of ether oxygens (including phenoxy) is 7. The number of hydrogen-bond donors (Lipinski definition) is 3. The maximum absolute atomic E-state index is 9.57. The lowest BCUT2D eigenvalue weighted by Gasteiger charge is -2.32. The van der Waals surface area contributed by atoms with Gasteiger partial charge in [-0.1, -0.05) is 72.8 Å². The van der Waals surface area contributed by atoms with Crippen molar-refractivity contribution >= 4 is 11.6 Å². The van der Waals surface area contributed by atoms with Crippen molar-refractivity contribution in [3.8, 4) is 34.5 Å². The molecule has 0 aromatic heterocycles. The molecule has 328 valence electrons. The fraction of sp³-hybridized carbons (Fsp3) is 0.308. The molecule has 6 aromatic rings. The lowest BCUT2D eigenvalue weighted by atomic mass is 9.71. The summed E-state index contributed by atoms with van der Waals surface area (Å²) in [6, 6.07) is 46.4. The molecule has 4 aliphatic heterocycles. The third-order valence-corrected chi connectivity index (χ3v) is 12.1. The molecule has 0 bridgehead atoms. The molecule has 0 aliphatic carbocycles. The minimum Gasteiger partial charge on any atom is -0.508 e. The molecule has 0 spiro atoms. The molecule has 63 heavy (non-hydrogen) atoms. The van der Waals surface area contributed by atoms with Crippen LogP contribution in [0.2, 0.25) is 0 Å². The van der Waals surface area contributed by atoms with Crippen molar-refractivity contribution in [2.24, 2.45) is 0 Å². The van der Waals surface area contributed by atoms with Crippen LogP contribution in [0.3, 0.4) is 0 Å². The minimum atomic E-state index is -0.477. The molecule has 4 saturated heterocycles. The van der Waals surface area contributed by atoms with Gasteiger partial charge in [-0.15, -0.1) is 11.6 Å². The Hall–Kier alpha value is -5.75. The van der Waals surface area contributed by atoms with Gasteiger partial charge < -0.3 is 48.5 Å². The van der Waals surface area contributed by atoms with Crippen molar-refractivity contribution in [2.45, 2.75) is 49.1 Å². The van der Waals surface area contributed by atoms with Gasteiger partial charge in [0.1, 0.15) is 72.6 Å². The first-order chi connectivity index (χ1) is 30.6. The molecule has 10 rings (SSSR count). The summed E-state index contributed by atoms with van der Waals surface area (Å²) in [7, 11) is 0. The van der Waals surface area contributed by atoms with E-state index in [0.717, 1.165) is 60.4 Å². The zero-order valence-electron chi connectivity index (χ0n) is 35.4. The van der Waals surface area contributed by atoms with E-state index in [-0.39, 0.29) is 41.0 Å². The number of epoxide rings is 4. The molecule has 4 atom stereocenters. The maximum atomic E-state index is 9.57. The monoisotopic (exact) mass is 872 g/mol. The van der Waals surface area contributed by atoms with Crippen LogP contribution < -0.4 is 14.2 Å². The van der Waals surface area contributed by atoms with Gasteiger partial charge in [-0.25, -0.2) is 0 Å². The van der Waals surface area contributed by atoms with E-state index in [2.05, 4.69) is 50.2 Å². The summed E-state index contributed by atoms with van der Waals surface area (Å²) in [6.07, 6.45) is 1.11. The molecule has 3 N–H and O–H groups in total. The summed E-state index contributed by atoms with van der Waals surface area (Å²) < 4.78 is 38.1. The van der Waals surface area contributed by atoms with Gasteiger partial charge in [-0.2, -0.15) is 0 Å². The Labute approximate surface area is 373 Å². The van der Waals surface area contributed by atoms with Gasteiger partial charge in [-0.05, 0) is 120 Å². The molecular formula is C52H53ClO10. The molecule has 0 radical (unpaired) electrons. The van der Waals surface area contributed by atoms with Crippen LogP contribution in [0.15, 0.2) is 146 Å². The maximum Gasteiger partial charge on any atom is 0.119 e. The highest BCUT2D eigenvalue weighted by Gasteiger charge is 2.33. The summed E-state index contributed by atoms with van der Waals surface area (Å²) in [6.45, 7) is 9.36. The second-order valence-electron chi connectivity index (χ2n) is 16.4. The van der Waals surface area contributed by atoms with Crippen molar-refractivity contribution in [1.29, 1.82) is 0 Å². The number of halogens is 1. The van der Waals surface area contributed by atoms with Crippen LogP contribution >= 0.6 is 11.6 Å². The first-order valence-electron chi connectivity index (χ1n) is 21.2. The second kappa shape index (κ2) is 19.7. The number of phenols is 3. The van der Waals surface area contributed by atoms with E-state index in [9.17, 15) is 15.3 Å². The fourth-order valence-corrected chi connectivity index (χ4v) is 7.43. The smallest absolute Gasteiger partial charge is 0.119 e. The van der Waals surface area contributed by atoms with E-state index >= 15 is 0 Å². The predicted octanol–water partition coefficient (Wildman–Crippen LogP) is 9.16. The van der Waals surface area contributed by atoms with Gasteiger partial charge in [0.25, 0.3) is 0 Å². The van der Waals surface area contributed by atoms with Crippen LogP contribution in [-0.2, 0) is 29.8 Å². The molecule has 10 nitrogen and oxygen atoms in total. The summed E-state index contributed by atoms with van der Waals surface area (Å²) in [5.74, 6) is 3.86. The van der Waals surface area contributed by atoms with Gasteiger partial charge in [0, 0.05) is 10.8 Å². The Morgan fingerprint density at radius 2 is 0.603 bits per heavy atom. The van der Waals surface area contributed by atoms with Crippen molar-refractivity contribution in [1.82, 2.24) is 0 Å². The number of phenolic OH excluding ortho intramolecular Hbond substituents is 3. The highest BCUT2D eigenvalue weighted by Crippen LogP contribution is 2.42. The lowest BCUT2D eigenvalue weighted by molar-refractivity contribution is 0.262. The normalized spacial score (nSPS) is 20.0. The molecule has 6 aromatic carbocycles. The fourth-order valence-electron chi connectivity index (χ4n) is 7.26. The highest BCUT2D eigenvalue weighted by molar-refractivity contribution is 6.18. The molecule has 0 amide bonds. The molecule has 4 heterocycles. The van der Waals surface area contributed by atoms with Gasteiger partial charge in [0.15, 0.2) is 0 Å². The number of benzene rings is 6. The summed E-state index contributed by atoms with van der Waals surface area (Å²) in [4.78, 5) is 0. The van der Waals surface area contributed by atoms with E-state index in [1.165, 1.54) is 16.7 Å². The molecule has 0 saturated carbocycles.